The lowest BCUT2D eigenvalue weighted by atomic mass is 10.2. The lowest BCUT2D eigenvalue weighted by Gasteiger charge is -2.09. The molecule has 0 aromatic heterocycles. The first-order valence-corrected chi connectivity index (χ1v) is 6.18. The van der Waals surface area contributed by atoms with Gasteiger partial charge in [-0.3, -0.25) is 9.56 Å². The first-order chi connectivity index (χ1) is 7.20. The average Bonchev–Trinajstić information content (AvgIpc) is 2.30. The summed E-state index contributed by atoms with van der Waals surface area (Å²) in [7, 11) is -0.317. The summed E-state index contributed by atoms with van der Waals surface area (Å²) in [5.74, 6) is 0. The number of hydrogen-bond donors (Lipinski definition) is 0. The van der Waals surface area contributed by atoms with Gasteiger partial charge in [-0.25, -0.2) is 0 Å². The van der Waals surface area contributed by atoms with Gasteiger partial charge in [0.05, 0.1) is 0 Å². The van der Waals surface area contributed by atoms with E-state index in [1.54, 1.807) is 6.21 Å². The van der Waals surface area contributed by atoms with Gasteiger partial charge < -0.3 is 9.05 Å². The highest BCUT2D eigenvalue weighted by atomic mass is 31.2. The molecule has 0 fully saturated rings. The monoisotopic (exact) mass is 227 g/mol. The summed E-state index contributed by atoms with van der Waals surface area (Å²) < 4.78 is 21.1. The molecule has 82 valence electrons. The number of aliphatic imine (C=N–C) groups is 1. The standard InChI is InChI=1S/C10H14NO3P/c1-13-15(12,14-2)9-11-8-10-6-4-3-5-7-10/h3-8H,9H2,1-2H3/b11-8+. The molecule has 15 heavy (non-hydrogen) atoms. The van der Waals surface area contributed by atoms with Crippen molar-refractivity contribution in [2.24, 2.45) is 4.99 Å². The number of benzene rings is 1. The molecular formula is C10H14NO3P. The maximum Gasteiger partial charge on any atom is 0.351 e. The topological polar surface area (TPSA) is 47.9 Å². The van der Waals surface area contributed by atoms with Crippen LogP contribution in [0.5, 0.6) is 0 Å². The van der Waals surface area contributed by atoms with Gasteiger partial charge in [0.2, 0.25) is 0 Å². The van der Waals surface area contributed by atoms with Crippen molar-refractivity contribution in [2.45, 2.75) is 0 Å². The summed E-state index contributed by atoms with van der Waals surface area (Å²) in [6.07, 6.45) is 1.68. The zero-order valence-electron chi connectivity index (χ0n) is 8.79. The van der Waals surface area contributed by atoms with E-state index in [1.165, 1.54) is 14.2 Å². The fourth-order valence-corrected chi connectivity index (χ4v) is 1.64. The third kappa shape index (κ3) is 3.96. The summed E-state index contributed by atoms with van der Waals surface area (Å²) in [5, 5.41) is 0. The van der Waals surface area contributed by atoms with Crippen LogP contribution in [-0.2, 0) is 13.6 Å². The van der Waals surface area contributed by atoms with Crippen LogP contribution in [0.4, 0.5) is 0 Å². The second kappa shape index (κ2) is 5.81. The van der Waals surface area contributed by atoms with Crippen molar-refractivity contribution < 1.29 is 13.6 Å². The van der Waals surface area contributed by atoms with E-state index in [0.717, 1.165) is 5.56 Å². The van der Waals surface area contributed by atoms with E-state index in [-0.39, 0.29) is 6.29 Å². The maximum absolute atomic E-state index is 11.6. The highest BCUT2D eigenvalue weighted by Gasteiger charge is 2.19. The Kier molecular flexibility index (Phi) is 4.69. The molecule has 1 aromatic carbocycles. The Hall–Kier alpha value is -0.960. The van der Waals surface area contributed by atoms with Crippen LogP contribution in [0.3, 0.4) is 0 Å². The second-order valence-corrected chi connectivity index (χ2v) is 5.07. The van der Waals surface area contributed by atoms with Crippen molar-refractivity contribution in [2.75, 3.05) is 20.5 Å². The second-order valence-electron chi connectivity index (χ2n) is 2.84. The molecule has 0 N–H and O–H groups in total. The molecule has 0 aliphatic heterocycles. The molecule has 1 aromatic rings. The van der Waals surface area contributed by atoms with E-state index in [1.807, 2.05) is 30.3 Å². The van der Waals surface area contributed by atoms with Crippen molar-refractivity contribution >= 4 is 13.8 Å². The molecule has 0 aliphatic carbocycles. The van der Waals surface area contributed by atoms with Gasteiger partial charge in [-0.2, -0.15) is 0 Å². The zero-order valence-corrected chi connectivity index (χ0v) is 9.68. The highest BCUT2D eigenvalue weighted by Crippen LogP contribution is 2.45. The molecule has 0 spiro atoms. The highest BCUT2D eigenvalue weighted by molar-refractivity contribution is 7.53. The van der Waals surface area contributed by atoms with Gasteiger partial charge in [0.15, 0.2) is 0 Å². The quantitative estimate of drug-likeness (QED) is 0.573. The van der Waals surface area contributed by atoms with Crippen LogP contribution in [-0.4, -0.2) is 26.7 Å². The van der Waals surface area contributed by atoms with E-state index < -0.39 is 7.60 Å². The lowest BCUT2D eigenvalue weighted by molar-refractivity contribution is 0.277. The van der Waals surface area contributed by atoms with Gasteiger partial charge in [-0.1, -0.05) is 30.3 Å². The van der Waals surface area contributed by atoms with Crippen LogP contribution in [0.25, 0.3) is 0 Å². The van der Waals surface area contributed by atoms with Crippen LogP contribution in [0.2, 0.25) is 0 Å². The zero-order chi connectivity index (χ0) is 11.1. The molecular weight excluding hydrogens is 213 g/mol. The Bertz CT molecular complexity index is 356. The molecule has 0 saturated heterocycles. The fraction of sp³-hybridized carbons (Fsp3) is 0.300. The van der Waals surface area contributed by atoms with Gasteiger partial charge >= 0.3 is 7.60 Å². The summed E-state index contributed by atoms with van der Waals surface area (Å²) in [6.45, 7) is 0. The molecule has 0 amide bonds. The van der Waals surface area contributed by atoms with Crippen molar-refractivity contribution in [3.05, 3.63) is 35.9 Å². The fourth-order valence-electron chi connectivity index (χ4n) is 0.975. The van der Waals surface area contributed by atoms with Gasteiger partial charge in [-0.15, -0.1) is 0 Å². The average molecular weight is 227 g/mol. The van der Waals surface area contributed by atoms with Crippen LogP contribution in [0.15, 0.2) is 35.3 Å². The van der Waals surface area contributed by atoms with Crippen LogP contribution in [0.1, 0.15) is 5.56 Å². The minimum absolute atomic E-state index is 0.0366. The van der Waals surface area contributed by atoms with E-state index in [0.29, 0.717) is 0 Å². The van der Waals surface area contributed by atoms with Crippen molar-refractivity contribution in [3.8, 4) is 0 Å². The number of hydrogen-bond acceptors (Lipinski definition) is 4. The first-order valence-electron chi connectivity index (χ1n) is 4.45. The molecule has 0 heterocycles. The normalized spacial score (nSPS) is 12.1. The van der Waals surface area contributed by atoms with Crippen molar-refractivity contribution in [1.29, 1.82) is 0 Å². The molecule has 0 bridgehead atoms. The first kappa shape index (κ1) is 12.1. The predicted molar refractivity (Wildman–Crippen MR) is 60.5 cm³/mol. The molecule has 1 rings (SSSR count). The summed E-state index contributed by atoms with van der Waals surface area (Å²) >= 11 is 0. The molecule has 0 radical (unpaired) electrons. The molecule has 0 atom stereocenters. The predicted octanol–water partition coefficient (Wildman–Crippen LogP) is 2.55. The Morgan fingerprint density at radius 3 is 2.40 bits per heavy atom. The molecule has 0 unspecified atom stereocenters. The number of nitrogens with zero attached hydrogens (tertiary/aromatic N) is 1. The summed E-state index contributed by atoms with van der Waals surface area (Å²) in [6, 6.07) is 9.57. The maximum atomic E-state index is 11.6. The van der Waals surface area contributed by atoms with Gasteiger partial charge in [0.25, 0.3) is 0 Å². The third-order valence-corrected chi connectivity index (χ3v) is 3.47. The summed E-state index contributed by atoms with van der Waals surface area (Å²) in [5.41, 5.74) is 0.955. The Morgan fingerprint density at radius 1 is 1.27 bits per heavy atom. The van der Waals surface area contributed by atoms with E-state index in [9.17, 15) is 4.57 Å². The molecule has 4 nitrogen and oxygen atoms in total. The Balaban J connectivity index is 2.57. The minimum Gasteiger partial charge on any atom is -0.311 e. The lowest BCUT2D eigenvalue weighted by Crippen LogP contribution is -1.92. The summed E-state index contributed by atoms with van der Waals surface area (Å²) in [4.78, 5) is 4.02. The molecule has 0 saturated carbocycles. The molecule has 0 aliphatic rings. The Labute approximate surface area is 89.5 Å². The Morgan fingerprint density at radius 2 is 1.87 bits per heavy atom. The van der Waals surface area contributed by atoms with E-state index >= 15 is 0 Å². The van der Waals surface area contributed by atoms with Crippen LogP contribution in [0, 0.1) is 0 Å². The van der Waals surface area contributed by atoms with Crippen LogP contribution >= 0.6 is 7.60 Å². The third-order valence-electron chi connectivity index (χ3n) is 1.85. The van der Waals surface area contributed by atoms with Crippen LogP contribution < -0.4 is 0 Å². The van der Waals surface area contributed by atoms with Gasteiger partial charge in [0.1, 0.15) is 6.29 Å². The number of rotatable bonds is 5. The minimum atomic E-state index is -3.02. The van der Waals surface area contributed by atoms with Gasteiger partial charge in [0, 0.05) is 20.4 Å². The molecule has 5 heteroatoms. The van der Waals surface area contributed by atoms with Gasteiger partial charge in [-0.05, 0) is 5.56 Å². The van der Waals surface area contributed by atoms with E-state index in [4.69, 9.17) is 9.05 Å². The smallest absolute Gasteiger partial charge is 0.311 e. The van der Waals surface area contributed by atoms with E-state index in [2.05, 4.69) is 4.99 Å². The SMILES string of the molecule is COP(=O)(C/N=C/c1ccccc1)OC. The van der Waals surface area contributed by atoms with Crippen molar-refractivity contribution in [3.63, 3.8) is 0 Å². The largest absolute Gasteiger partial charge is 0.351 e. The van der Waals surface area contributed by atoms with Crippen molar-refractivity contribution in [1.82, 2.24) is 0 Å².